The van der Waals surface area contributed by atoms with E-state index in [0.717, 1.165) is 11.1 Å². The molecule has 1 aromatic heterocycles. The number of carbonyl (C=O) groups excluding carboxylic acids is 2. The Morgan fingerprint density at radius 3 is 2.50 bits per heavy atom. The molecule has 1 unspecified atom stereocenters. The second-order valence-electron chi connectivity index (χ2n) is 8.09. The van der Waals surface area contributed by atoms with Gasteiger partial charge < -0.3 is 23.9 Å². The van der Waals surface area contributed by atoms with Crippen molar-refractivity contribution in [1.82, 2.24) is 4.90 Å². The quantitative estimate of drug-likeness (QED) is 0.216. The number of carbonyl (C=O) groups is 2. The molecule has 0 bridgehead atoms. The van der Waals surface area contributed by atoms with Crippen LogP contribution >= 0.6 is 0 Å². The molecule has 34 heavy (non-hydrogen) atoms. The van der Waals surface area contributed by atoms with E-state index in [0.29, 0.717) is 43.3 Å². The molecule has 1 N–H and O–H groups in total. The number of ether oxygens (including phenoxy) is 2. The lowest BCUT2D eigenvalue weighted by Gasteiger charge is -2.23. The van der Waals surface area contributed by atoms with E-state index < -0.39 is 17.7 Å². The highest BCUT2D eigenvalue weighted by molar-refractivity contribution is 6.46. The van der Waals surface area contributed by atoms with Crippen LogP contribution in [0, 0.1) is 6.92 Å². The molecule has 0 aliphatic carbocycles. The van der Waals surface area contributed by atoms with Gasteiger partial charge in [-0.1, -0.05) is 24.3 Å². The summed E-state index contributed by atoms with van der Waals surface area (Å²) in [6, 6.07) is 17.3. The number of furan rings is 1. The van der Waals surface area contributed by atoms with E-state index in [1.807, 2.05) is 31.2 Å². The summed E-state index contributed by atoms with van der Waals surface area (Å²) in [5.41, 5.74) is 2.65. The van der Waals surface area contributed by atoms with Crippen LogP contribution in [0.1, 0.15) is 34.9 Å². The summed E-state index contributed by atoms with van der Waals surface area (Å²) in [4.78, 5) is 27.1. The van der Waals surface area contributed by atoms with Gasteiger partial charge in [-0.15, -0.1) is 0 Å². The maximum atomic E-state index is 12.9. The normalized spacial score (nSPS) is 17.4. The standard InChI is InChI=1S/C27H27NO6/c1-18-7-3-4-8-20(18)17-34-21-12-10-19(11-13-21)25(29)23-24(22-9-5-16-33-22)28(14-6-15-32-2)27(31)26(23)30/h3-5,7-13,16,24,29H,6,14-15,17H2,1-2H3/b25-23+. The number of methoxy groups -OCH3 is 1. The maximum Gasteiger partial charge on any atom is 0.295 e. The number of hydrogen-bond acceptors (Lipinski definition) is 6. The van der Waals surface area contributed by atoms with E-state index in [1.54, 1.807) is 43.5 Å². The Bertz CT molecular complexity index is 1180. The molecule has 0 radical (unpaired) electrons. The number of ketones is 1. The largest absolute Gasteiger partial charge is 0.507 e. The number of amides is 1. The summed E-state index contributed by atoms with van der Waals surface area (Å²) < 4.78 is 16.5. The number of Topliss-reactive ketones (excluding diaryl/α,β-unsaturated/α-hetero) is 1. The number of aryl methyl sites for hydroxylation is 1. The highest BCUT2D eigenvalue weighted by Crippen LogP contribution is 2.39. The molecule has 176 valence electrons. The Kier molecular flexibility index (Phi) is 7.13. The van der Waals surface area contributed by atoms with Crippen molar-refractivity contribution in [2.75, 3.05) is 20.3 Å². The van der Waals surface area contributed by atoms with Crippen molar-refractivity contribution in [1.29, 1.82) is 0 Å². The Morgan fingerprint density at radius 2 is 1.82 bits per heavy atom. The molecule has 4 rings (SSSR count). The van der Waals surface area contributed by atoms with Gasteiger partial charge in [-0.25, -0.2) is 0 Å². The number of likely N-dealkylation sites (tertiary alicyclic amines) is 1. The summed E-state index contributed by atoms with van der Waals surface area (Å²) in [5.74, 6) is -0.619. The van der Waals surface area contributed by atoms with Crippen LogP contribution in [0.5, 0.6) is 5.75 Å². The van der Waals surface area contributed by atoms with Crippen molar-refractivity contribution in [2.24, 2.45) is 0 Å². The SMILES string of the molecule is COCCCN1C(=O)C(=O)/C(=C(/O)c2ccc(OCc3ccccc3C)cc2)C1c1ccco1. The Labute approximate surface area is 198 Å². The lowest BCUT2D eigenvalue weighted by atomic mass is 9.99. The minimum Gasteiger partial charge on any atom is -0.507 e. The van der Waals surface area contributed by atoms with Crippen LogP contribution in [0.4, 0.5) is 0 Å². The van der Waals surface area contributed by atoms with Crippen molar-refractivity contribution >= 4 is 17.4 Å². The third-order valence-corrected chi connectivity index (χ3v) is 5.88. The molecule has 1 amide bonds. The maximum absolute atomic E-state index is 12.9. The molecule has 0 saturated carbocycles. The van der Waals surface area contributed by atoms with E-state index in [9.17, 15) is 14.7 Å². The average molecular weight is 462 g/mol. The number of aliphatic hydroxyl groups is 1. The zero-order valence-electron chi connectivity index (χ0n) is 19.2. The molecule has 2 heterocycles. The molecule has 3 aromatic rings. The molecule has 1 saturated heterocycles. The number of rotatable bonds is 9. The van der Waals surface area contributed by atoms with Gasteiger partial charge >= 0.3 is 0 Å². The van der Waals surface area contributed by atoms with Gasteiger partial charge in [-0.2, -0.15) is 0 Å². The number of aliphatic hydroxyl groups excluding tert-OH is 1. The van der Waals surface area contributed by atoms with Crippen LogP contribution < -0.4 is 4.74 Å². The second-order valence-corrected chi connectivity index (χ2v) is 8.09. The second kappa shape index (κ2) is 10.4. The minimum absolute atomic E-state index is 0.00551. The molecule has 7 heteroatoms. The van der Waals surface area contributed by atoms with Crippen LogP contribution in [0.25, 0.3) is 5.76 Å². The smallest absolute Gasteiger partial charge is 0.295 e. The number of nitrogens with zero attached hydrogens (tertiary/aromatic N) is 1. The highest BCUT2D eigenvalue weighted by atomic mass is 16.5. The summed E-state index contributed by atoms with van der Waals surface area (Å²) in [6.07, 6.45) is 2.03. The zero-order chi connectivity index (χ0) is 24.1. The first-order valence-corrected chi connectivity index (χ1v) is 11.1. The molecule has 2 aromatic carbocycles. The molecule has 0 spiro atoms. The van der Waals surface area contributed by atoms with Crippen molar-refractivity contribution < 1.29 is 28.6 Å². The molecule has 1 fully saturated rings. The monoisotopic (exact) mass is 461 g/mol. The van der Waals surface area contributed by atoms with Gasteiger partial charge in [0.1, 0.15) is 29.9 Å². The van der Waals surface area contributed by atoms with Crippen LogP contribution in [0.15, 0.2) is 76.9 Å². The van der Waals surface area contributed by atoms with Gasteiger partial charge in [-0.3, -0.25) is 9.59 Å². The number of benzene rings is 2. The van der Waals surface area contributed by atoms with E-state index in [4.69, 9.17) is 13.9 Å². The lowest BCUT2D eigenvalue weighted by molar-refractivity contribution is -0.140. The molecular weight excluding hydrogens is 434 g/mol. The van der Waals surface area contributed by atoms with Crippen molar-refractivity contribution in [2.45, 2.75) is 26.0 Å². The van der Waals surface area contributed by atoms with Crippen LogP contribution in [0.2, 0.25) is 0 Å². The van der Waals surface area contributed by atoms with E-state index in [-0.39, 0.29) is 11.3 Å². The molecular formula is C27H27NO6. The third kappa shape index (κ3) is 4.75. The predicted octanol–water partition coefficient (Wildman–Crippen LogP) is 4.63. The average Bonchev–Trinajstić information content (AvgIpc) is 3.46. The van der Waals surface area contributed by atoms with Gasteiger partial charge in [0, 0.05) is 25.8 Å². The Morgan fingerprint density at radius 1 is 1.06 bits per heavy atom. The fourth-order valence-corrected chi connectivity index (χ4v) is 4.03. The fourth-order valence-electron chi connectivity index (χ4n) is 4.03. The molecule has 7 nitrogen and oxygen atoms in total. The van der Waals surface area contributed by atoms with Crippen molar-refractivity contribution in [3.8, 4) is 5.75 Å². The van der Waals surface area contributed by atoms with Gasteiger partial charge in [0.05, 0.1) is 11.8 Å². The van der Waals surface area contributed by atoms with E-state index in [1.165, 1.54) is 11.2 Å². The van der Waals surface area contributed by atoms with Gasteiger partial charge in [0.2, 0.25) is 0 Å². The molecule has 1 aliphatic rings. The van der Waals surface area contributed by atoms with E-state index in [2.05, 4.69) is 0 Å². The Balaban J connectivity index is 1.59. The summed E-state index contributed by atoms with van der Waals surface area (Å²) in [7, 11) is 1.58. The number of hydrogen-bond donors (Lipinski definition) is 1. The van der Waals surface area contributed by atoms with E-state index >= 15 is 0 Å². The van der Waals surface area contributed by atoms with Crippen LogP contribution in [-0.4, -0.2) is 42.0 Å². The summed E-state index contributed by atoms with van der Waals surface area (Å²) >= 11 is 0. The molecule has 1 atom stereocenters. The van der Waals surface area contributed by atoms with Crippen LogP contribution in [0.3, 0.4) is 0 Å². The van der Waals surface area contributed by atoms with Crippen LogP contribution in [-0.2, 0) is 20.9 Å². The Hall–Kier alpha value is -3.84. The third-order valence-electron chi connectivity index (χ3n) is 5.88. The van der Waals surface area contributed by atoms with Gasteiger partial charge in [0.25, 0.3) is 11.7 Å². The van der Waals surface area contributed by atoms with Gasteiger partial charge in [-0.05, 0) is 60.9 Å². The summed E-state index contributed by atoms with van der Waals surface area (Å²) in [5, 5.41) is 11.1. The van der Waals surface area contributed by atoms with Crippen molar-refractivity contribution in [3.05, 3.63) is 95.0 Å². The van der Waals surface area contributed by atoms with Gasteiger partial charge in [0.15, 0.2) is 0 Å². The highest BCUT2D eigenvalue weighted by Gasteiger charge is 2.47. The lowest BCUT2D eigenvalue weighted by Crippen LogP contribution is -2.31. The topological polar surface area (TPSA) is 89.2 Å². The zero-order valence-corrected chi connectivity index (χ0v) is 19.2. The summed E-state index contributed by atoms with van der Waals surface area (Å²) in [6.45, 7) is 3.19. The minimum atomic E-state index is -0.802. The first-order valence-electron chi connectivity index (χ1n) is 11.1. The first-order chi connectivity index (χ1) is 16.5. The predicted molar refractivity (Wildman–Crippen MR) is 126 cm³/mol. The first kappa shape index (κ1) is 23.3. The van der Waals surface area contributed by atoms with Crippen molar-refractivity contribution in [3.63, 3.8) is 0 Å². The fraction of sp³-hybridized carbons (Fsp3) is 0.259. The molecule has 1 aliphatic heterocycles.